The lowest BCUT2D eigenvalue weighted by molar-refractivity contribution is 0.202. The molecule has 1 aromatic rings. The molecule has 1 N–H and O–H groups in total. The van der Waals surface area contributed by atoms with Crippen LogP contribution in [0, 0.1) is 0 Å². The van der Waals surface area contributed by atoms with Gasteiger partial charge in [-0.25, -0.2) is 0 Å². The van der Waals surface area contributed by atoms with Gasteiger partial charge in [0.1, 0.15) is 11.9 Å². The summed E-state index contributed by atoms with van der Waals surface area (Å²) < 4.78 is 5.84. The van der Waals surface area contributed by atoms with E-state index in [-0.39, 0.29) is 0 Å². The smallest absolute Gasteiger partial charge is 0.215 e. The van der Waals surface area contributed by atoms with Crippen LogP contribution >= 0.6 is 0 Å². The summed E-state index contributed by atoms with van der Waals surface area (Å²) in [5, 5.41) is 3.27. The van der Waals surface area contributed by atoms with Crippen LogP contribution in [0.3, 0.4) is 0 Å². The number of hydrogen-bond acceptors (Lipinski definition) is 3. The van der Waals surface area contributed by atoms with E-state index in [9.17, 15) is 0 Å². The van der Waals surface area contributed by atoms with Crippen molar-refractivity contribution >= 4 is 5.82 Å². The van der Waals surface area contributed by atoms with Crippen molar-refractivity contribution in [3.63, 3.8) is 0 Å². The van der Waals surface area contributed by atoms with Gasteiger partial charge in [-0.05, 0) is 38.2 Å². The van der Waals surface area contributed by atoms with Crippen LogP contribution in [-0.4, -0.2) is 17.6 Å². The van der Waals surface area contributed by atoms with Crippen molar-refractivity contribution in [2.75, 3.05) is 11.9 Å². The topological polar surface area (TPSA) is 34.1 Å². The van der Waals surface area contributed by atoms with Gasteiger partial charge in [0, 0.05) is 12.6 Å². The third-order valence-corrected chi connectivity index (χ3v) is 2.87. The lowest BCUT2D eigenvalue weighted by Crippen LogP contribution is -2.12. The van der Waals surface area contributed by atoms with Crippen molar-refractivity contribution in [3.05, 3.63) is 18.2 Å². The Morgan fingerprint density at radius 1 is 1.38 bits per heavy atom. The zero-order chi connectivity index (χ0) is 11.2. The van der Waals surface area contributed by atoms with Gasteiger partial charge in [-0.3, -0.25) is 0 Å². The molecule has 1 aromatic heterocycles. The Hall–Kier alpha value is -1.25. The van der Waals surface area contributed by atoms with Gasteiger partial charge < -0.3 is 10.1 Å². The van der Waals surface area contributed by atoms with E-state index in [0.717, 1.165) is 24.7 Å². The van der Waals surface area contributed by atoms with E-state index < -0.39 is 0 Å². The van der Waals surface area contributed by atoms with Crippen molar-refractivity contribution in [1.82, 2.24) is 4.98 Å². The lowest BCUT2D eigenvalue weighted by Gasteiger charge is -2.13. The highest BCUT2D eigenvalue weighted by atomic mass is 16.5. The summed E-state index contributed by atoms with van der Waals surface area (Å²) in [5.74, 6) is 1.67. The molecule has 0 amide bonds. The van der Waals surface area contributed by atoms with Crippen LogP contribution in [0.2, 0.25) is 0 Å². The highest BCUT2D eigenvalue weighted by molar-refractivity contribution is 5.36. The van der Waals surface area contributed by atoms with Crippen molar-refractivity contribution < 1.29 is 4.74 Å². The van der Waals surface area contributed by atoms with Gasteiger partial charge in [-0.15, -0.1) is 0 Å². The Labute approximate surface area is 97.2 Å². The molecule has 2 rings (SSSR count). The first-order valence-corrected chi connectivity index (χ1v) is 6.26. The van der Waals surface area contributed by atoms with Gasteiger partial charge in [-0.1, -0.05) is 13.0 Å². The molecule has 1 saturated carbocycles. The Morgan fingerprint density at radius 2 is 2.19 bits per heavy atom. The van der Waals surface area contributed by atoms with Gasteiger partial charge in [0.05, 0.1) is 0 Å². The van der Waals surface area contributed by atoms with Crippen LogP contribution in [0.1, 0.15) is 39.0 Å². The Balaban J connectivity index is 1.92. The highest BCUT2D eigenvalue weighted by Crippen LogP contribution is 2.23. The fourth-order valence-electron chi connectivity index (χ4n) is 2.01. The number of rotatable bonds is 5. The standard InChI is InChI=1S/C13H20N2O/c1-2-10-14-12-8-5-9-13(15-12)16-11-6-3-4-7-11/h5,8-9,11H,2-4,6-7,10H2,1H3,(H,14,15). The second kappa shape index (κ2) is 5.73. The molecule has 1 aliphatic rings. The summed E-state index contributed by atoms with van der Waals surface area (Å²) in [6.07, 6.45) is 6.42. The third kappa shape index (κ3) is 3.12. The molecule has 1 heterocycles. The molecule has 0 aliphatic heterocycles. The van der Waals surface area contributed by atoms with Crippen LogP contribution < -0.4 is 10.1 Å². The number of pyridine rings is 1. The molecule has 1 aliphatic carbocycles. The van der Waals surface area contributed by atoms with Gasteiger partial charge in [-0.2, -0.15) is 4.98 Å². The number of nitrogens with zero attached hydrogens (tertiary/aromatic N) is 1. The summed E-state index contributed by atoms with van der Waals surface area (Å²) in [5.41, 5.74) is 0. The first kappa shape index (κ1) is 11.2. The Morgan fingerprint density at radius 3 is 2.94 bits per heavy atom. The monoisotopic (exact) mass is 220 g/mol. The van der Waals surface area contributed by atoms with E-state index in [2.05, 4.69) is 17.2 Å². The first-order chi connectivity index (χ1) is 7.88. The summed E-state index contributed by atoms with van der Waals surface area (Å²) in [4.78, 5) is 4.44. The van der Waals surface area contributed by atoms with Crippen LogP contribution in [0.15, 0.2) is 18.2 Å². The largest absolute Gasteiger partial charge is 0.474 e. The second-order valence-corrected chi connectivity index (χ2v) is 4.31. The summed E-state index contributed by atoms with van der Waals surface area (Å²) >= 11 is 0. The van der Waals surface area contributed by atoms with Crippen LogP contribution in [0.4, 0.5) is 5.82 Å². The quantitative estimate of drug-likeness (QED) is 0.827. The minimum atomic E-state index is 0.383. The molecule has 0 saturated heterocycles. The molecule has 3 heteroatoms. The van der Waals surface area contributed by atoms with E-state index in [1.807, 2.05) is 18.2 Å². The highest BCUT2D eigenvalue weighted by Gasteiger charge is 2.16. The van der Waals surface area contributed by atoms with E-state index in [1.165, 1.54) is 25.7 Å². The van der Waals surface area contributed by atoms with E-state index in [1.54, 1.807) is 0 Å². The van der Waals surface area contributed by atoms with Gasteiger partial charge in [0.2, 0.25) is 5.88 Å². The Kier molecular flexibility index (Phi) is 4.03. The zero-order valence-electron chi connectivity index (χ0n) is 9.91. The number of nitrogens with one attached hydrogen (secondary N) is 1. The summed E-state index contributed by atoms with van der Waals surface area (Å²) in [7, 11) is 0. The van der Waals surface area contributed by atoms with Crippen LogP contribution in [0.5, 0.6) is 5.88 Å². The maximum Gasteiger partial charge on any atom is 0.215 e. The maximum absolute atomic E-state index is 5.84. The minimum absolute atomic E-state index is 0.383. The van der Waals surface area contributed by atoms with Crippen molar-refractivity contribution in [2.24, 2.45) is 0 Å². The predicted octanol–water partition coefficient (Wildman–Crippen LogP) is 3.22. The molecule has 88 valence electrons. The SMILES string of the molecule is CCCNc1cccc(OC2CCCC2)n1. The van der Waals surface area contributed by atoms with Gasteiger partial charge in [0.25, 0.3) is 0 Å². The van der Waals surface area contributed by atoms with Crippen LogP contribution in [0.25, 0.3) is 0 Å². The average Bonchev–Trinajstić information content (AvgIpc) is 2.80. The Bertz CT molecular complexity index is 321. The van der Waals surface area contributed by atoms with Crippen LogP contribution in [-0.2, 0) is 0 Å². The number of aromatic nitrogens is 1. The number of ether oxygens (including phenoxy) is 1. The molecule has 0 radical (unpaired) electrons. The van der Waals surface area contributed by atoms with E-state index in [4.69, 9.17) is 4.74 Å². The molecular weight excluding hydrogens is 200 g/mol. The molecule has 0 bridgehead atoms. The van der Waals surface area contributed by atoms with Crippen molar-refractivity contribution in [1.29, 1.82) is 0 Å². The van der Waals surface area contributed by atoms with E-state index in [0.29, 0.717) is 6.10 Å². The molecule has 16 heavy (non-hydrogen) atoms. The summed E-state index contributed by atoms with van der Waals surface area (Å²) in [6.45, 7) is 3.10. The zero-order valence-corrected chi connectivity index (χ0v) is 9.91. The molecule has 3 nitrogen and oxygen atoms in total. The fourth-order valence-corrected chi connectivity index (χ4v) is 2.01. The lowest BCUT2D eigenvalue weighted by atomic mass is 10.3. The molecule has 0 aromatic carbocycles. The predicted molar refractivity (Wildman–Crippen MR) is 65.9 cm³/mol. The number of hydrogen-bond donors (Lipinski definition) is 1. The minimum Gasteiger partial charge on any atom is -0.474 e. The molecule has 1 fully saturated rings. The first-order valence-electron chi connectivity index (χ1n) is 6.26. The molecule has 0 spiro atoms. The molecule has 0 atom stereocenters. The van der Waals surface area contributed by atoms with Gasteiger partial charge in [0.15, 0.2) is 0 Å². The number of anilines is 1. The average molecular weight is 220 g/mol. The van der Waals surface area contributed by atoms with E-state index >= 15 is 0 Å². The maximum atomic E-state index is 5.84. The van der Waals surface area contributed by atoms with Gasteiger partial charge >= 0.3 is 0 Å². The second-order valence-electron chi connectivity index (χ2n) is 4.31. The molecule has 0 unspecified atom stereocenters. The normalized spacial score (nSPS) is 16.3. The van der Waals surface area contributed by atoms with Crippen molar-refractivity contribution in [2.45, 2.75) is 45.1 Å². The van der Waals surface area contributed by atoms with Crippen molar-refractivity contribution in [3.8, 4) is 5.88 Å². The summed E-state index contributed by atoms with van der Waals surface area (Å²) in [6, 6.07) is 5.92. The third-order valence-electron chi connectivity index (χ3n) is 2.87. The fraction of sp³-hybridized carbons (Fsp3) is 0.615. The molecular formula is C13H20N2O.